The number of aliphatic carboxylic acids is 2. The van der Waals surface area contributed by atoms with E-state index in [0.29, 0.717) is 94.3 Å². The summed E-state index contributed by atoms with van der Waals surface area (Å²) < 4.78 is 25.3. The molecule has 0 aliphatic heterocycles. The van der Waals surface area contributed by atoms with Crippen LogP contribution in [0.15, 0.2) is 97.6 Å². The average Bonchev–Trinajstić information content (AvgIpc) is 3.33. The number of halogens is 2. The Morgan fingerprint density at radius 2 is 1.07 bits per heavy atom. The Morgan fingerprint density at radius 1 is 0.574 bits per heavy atom. The number of carboxylic acids is 2. The summed E-state index contributed by atoms with van der Waals surface area (Å²) >= 11 is 13.7. The molecule has 4 aromatic carbocycles. The van der Waals surface area contributed by atoms with Gasteiger partial charge in [-0.1, -0.05) is 53.5 Å². The molecule has 0 saturated carbocycles. The van der Waals surface area contributed by atoms with Crippen molar-refractivity contribution in [3.63, 3.8) is 0 Å². The topological polar surface area (TPSA) is 209 Å². The van der Waals surface area contributed by atoms with E-state index >= 15 is 0 Å². The molecule has 4 N–H and O–H groups in total. The van der Waals surface area contributed by atoms with Crippen molar-refractivity contribution >= 4 is 35.1 Å². The van der Waals surface area contributed by atoms with E-state index in [0.717, 1.165) is 44.5 Å². The van der Waals surface area contributed by atoms with Crippen LogP contribution >= 0.6 is 23.2 Å². The van der Waals surface area contributed by atoms with Gasteiger partial charge in [0.25, 0.3) is 0 Å². The minimum Gasteiger partial charge on any atom is -0.489 e. The van der Waals surface area contributed by atoms with Crippen LogP contribution in [0, 0.1) is 36.5 Å². The molecule has 6 aromatic rings. The van der Waals surface area contributed by atoms with Crippen molar-refractivity contribution in [1.29, 1.82) is 10.5 Å². The number of benzene rings is 4. The third-order valence-electron chi connectivity index (χ3n) is 10.9. The molecule has 6 rings (SSSR count). The molecule has 350 valence electrons. The smallest absolute Gasteiger partial charge is 0.303 e. The number of nitrogens with zero attached hydrogens (tertiary/aromatic N) is 4. The number of carbonyl (C=O) groups is 2. The minimum atomic E-state index is -0.857. The van der Waals surface area contributed by atoms with Crippen LogP contribution in [0.5, 0.6) is 23.0 Å². The number of aromatic nitrogens is 2. The molecule has 0 amide bonds. The van der Waals surface area contributed by atoms with E-state index < -0.39 is 11.9 Å². The minimum absolute atomic E-state index is 0.0518. The Labute approximate surface area is 405 Å². The second-order valence-electron chi connectivity index (χ2n) is 15.9. The number of hydrogen-bond donors (Lipinski definition) is 4. The predicted octanol–water partition coefficient (Wildman–Crippen LogP) is 10.0. The lowest BCUT2D eigenvalue weighted by atomic mass is 9.93. The van der Waals surface area contributed by atoms with Crippen LogP contribution in [-0.2, 0) is 49.1 Å². The summed E-state index contributed by atoms with van der Waals surface area (Å²) in [7, 11) is 0. The first-order chi connectivity index (χ1) is 32.9. The molecule has 0 radical (unpaired) electrons. The highest BCUT2D eigenvalue weighted by atomic mass is 35.5. The van der Waals surface area contributed by atoms with E-state index in [2.05, 4.69) is 38.8 Å². The zero-order valence-electron chi connectivity index (χ0n) is 37.6. The van der Waals surface area contributed by atoms with Gasteiger partial charge in [-0.25, -0.2) is 0 Å². The largest absolute Gasteiger partial charge is 0.489 e. The molecule has 0 bridgehead atoms. The van der Waals surface area contributed by atoms with Crippen molar-refractivity contribution < 1.29 is 38.7 Å². The van der Waals surface area contributed by atoms with Crippen LogP contribution < -0.4 is 29.6 Å². The van der Waals surface area contributed by atoms with Gasteiger partial charge in [-0.05, 0) is 104 Å². The van der Waals surface area contributed by atoms with E-state index in [9.17, 15) is 20.1 Å². The van der Waals surface area contributed by atoms with Gasteiger partial charge in [-0.15, -0.1) is 0 Å². The zero-order chi connectivity index (χ0) is 48.4. The summed E-state index contributed by atoms with van der Waals surface area (Å²) in [6.07, 6.45) is 7.28. The van der Waals surface area contributed by atoms with Crippen molar-refractivity contribution in [3.8, 4) is 46.3 Å². The molecule has 2 aromatic heterocycles. The third kappa shape index (κ3) is 14.4. The van der Waals surface area contributed by atoms with E-state index in [4.69, 9.17) is 52.4 Å². The van der Waals surface area contributed by atoms with Crippen LogP contribution in [0.25, 0.3) is 11.1 Å². The van der Waals surface area contributed by atoms with Crippen LogP contribution in [-0.4, -0.2) is 45.2 Å². The molecule has 0 spiro atoms. The molecule has 2 heterocycles. The van der Waals surface area contributed by atoms with Crippen molar-refractivity contribution in [1.82, 2.24) is 20.6 Å². The van der Waals surface area contributed by atoms with Gasteiger partial charge in [0.05, 0.1) is 16.1 Å². The fourth-order valence-corrected chi connectivity index (χ4v) is 7.72. The Balaban J connectivity index is 1.17. The van der Waals surface area contributed by atoms with E-state index in [1.54, 1.807) is 36.7 Å². The van der Waals surface area contributed by atoms with Crippen LogP contribution in [0.4, 0.5) is 0 Å². The summed E-state index contributed by atoms with van der Waals surface area (Å²) in [6, 6.07) is 26.7. The molecule has 0 unspecified atom stereocenters. The zero-order valence-corrected chi connectivity index (χ0v) is 39.1. The first kappa shape index (κ1) is 50.2. The van der Waals surface area contributed by atoms with Gasteiger partial charge in [0.2, 0.25) is 0 Å². The lowest BCUT2D eigenvalue weighted by Crippen LogP contribution is -2.17. The molecule has 0 atom stereocenters. The SMILES string of the molecule is Cc1c(COc2cc(OCc3cncc(C#N)c3)c(CNCCCC(=O)O)cc2Cl)cccc1-c1cccc(OCc2cc(OCc3cncc(C#N)c3)c(CNCCCC(=O)O)cc2Cl)c1C. The monoisotopic (exact) mass is 956 g/mol. The summed E-state index contributed by atoms with van der Waals surface area (Å²) in [6.45, 7) is 6.42. The van der Waals surface area contributed by atoms with Gasteiger partial charge >= 0.3 is 11.9 Å². The quantitative estimate of drug-likeness (QED) is 0.0394. The molecule has 0 aliphatic carbocycles. The Hall–Kier alpha value is -7.20. The maximum Gasteiger partial charge on any atom is 0.303 e. The van der Waals surface area contributed by atoms with Gasteiger partial charge in [-0.3, -0.25) is 19.6 Å². The van der Waals surface area contributed by atoms with Crippen LogP contribution in [0.1, 0.15) is 81.3 Å². The fourth-order valence-electron chi connectivity index (χ4n) is 7.24. The molecule has 0 aliphatic rings. The van der Waals surface area contributed by atoms with Gasteiger partial charge < -0.3 is 39.8 Å². The molecular formula is C52H50Cl2N6O8. The van der Waals surface area contributed by atoms with Gasteiger partial charge in [0.1, 0.15) is 61.6 Å². The maximum atomic E-state index is 11.0. The molecule has 16 heteroatoms. The van der Waals surface area contributed by atoms with Gasteiger partial charge in [0, 0.05) is 89.6 Å². The van der Waals surface area contributed by atoms with Gasteiger partial charge in [0.15, 0.2) is 0 Å². The van der Waals surface area contributed by atoms with E-state index in [1.807, 2.05) is 56.3 Å². The molecule has 0 saturated heterocycles. The summed E-state index contributed by atoms with van der Waals surface area (Å²) in [5.74, 6) is 0.435. The summed E-state index contributed by atoms with van der Waals surface area (Å²) in [4.78, 5) is 30.3. The van der Waals surface area contributed by atoms with E-state index in [1.165, 1.54) is 12.4 Å². The highest BCUT2D eigenvalue weighted by Crippen LogP contribution is 2.37. The highest BCUT2D eigenvalue weighted by molar-refractivity contribution is 6.32. The molecule has 68 heavy (non-hydrogen) atoms. The van der Waals surface area contributed by atoms with Crippen LogP contribution in [0.2, 0.25) is 10.0 Å². The first-order valence-electron chi connectivity index (χ1n) is 21.8. The lowest BCUT2D eigenvalue weighted by Gasteiger charge is -2.19. The van der Waals surface area contributed by atoms with Crippen molar-refractivity contribution in [2.24, 2.45) is 0 Å². The molecular weight excluding hydrogens is 908 g/mol. The normalized spacial score (nSPS) is 10.8. The van der Waals surface area contributed by atoms with Crippen molar-refractivity contribution in [2.75, 3.05) is 13.1 Å². The number of ether oxygens (including phenoxy) is 4. The van der Waals surface area contributed by atoms with Gasteiger partial charge in [-0.2, -0.15) is 10.5 Å². The standard InChI is InChI=1S/C52H50Cl2N6O8/c1-33-39(31-68-50-20-49(66-30-38-16-36(22-56)24-60-26-38)41(18-46(50)54)28-58-14-6-12-52(63)64)7-3-8-43(33)44-9-4-10-47(34(44)2)67-32-42-19-48(65-29-37-15-35(21-55)23-59-25-37)40(17-45(42)53)27-57-13-5-11-51(61)62/h3-4,7-10,15-20,23-26,57-58H,5-6,11-14,27-32H2,1-2H3,(H,61,62)(H,63,64). The summed E-state index contributed by atoms with van der Waals surface area (Å²) in [5, 5.41) is 44.1. The lowest BCUT2D eigenvalue weighted by molar-refractivity contribution is -0.138. The number of pyridine rings is 2. The Kier molecular flexibility index (Phi) is 18.5. The average molecular weight is 958 g/mol. The second kappa shape index (κ2) is 25.1. The van der Waals surface area contributed by atoms with E-state index in [-0.39, 0.29) is 39.3 Å². The Bertz CT molecular complexity index is 2640. The van der Waals surface area contributed by atoms with Crippen molar-refractivity contribution in [3.05, 3.63) is 163 Å². The van der Waals surface area contributed by atoms with Crippen LogP contribution in [0.3, 0.4) is 0 Å². The maximum absolute atomic E-state index is 11.0. The number of rotatable bonds is 25. The number of nitriles is 2. The molecule has 14 nitrogen and oxygen atoms in total. The number of nitrogens with one attached hydrogen (secondary N) is 2. The second-order valence-corrected chi connectivity index (χ2v) is 16.7. The molecule has 0 fully saturated rings. The Morgan fingerprint density at radius 3 is 1.65 bits per heavy atom. The van der Waals surface area contributed by atoms with Crippen molar-refractivity contribution in [2.45, 2.75) is 79.0 Å². The number of carboxylic acid groups (broad SMARTS) is 2. The third-order valence-corrected chi connectivity index (χ3v) is 11.5. The first-order valence-corrected chi connectivity index (χ1v) is 22.5. The highest BCUT2D eigenvalue weighted by Gasteiger charge is 2.17. The number of hydrogen-bond acceptors (Lipinski definition) is 12. The predicted molar refractivity (Wildman–Crippen MR) is 257 cm³/mol. The fraction of sp³-hybridized carbons (Fsp3) is 0.269. The summed E-state index contributed by atoms with van der Waals surface area (Å²) in [5.41, 5.74) is 9.30.